The van der Waals surface area contributed by atoms with Gasteiger partial charge in [0.25, 0.3) is 5.91 Å². The first kappa shape index (κ1) is 18.5. The summed E-state index contributed by atoms with van der Waals surface area (Å²) >= 11 is 3.33. The average Bonchev–Trinajstić information content (AvgIpc) is 3.13. The highest BCUT2D eigenvalue weighted by Crippen LogP contribution is 2.30. The minimum Gasteiger partial charge on any atom is -0.491 e. The van der Waals surface area contributed by atoms with Crippen LogP contribution in [0.3, 0.4) is 0 Å². The van der Waals surface area contributed by atoms with Gasteiger partial charge >= 0.3 is 6.03 Å². The molecule has 1 saturated heterocycles. The molecule has 7 nitrogen and oxygen atoms in total. The van der Waals surface area contributed by atoms with Gasteiger partial charge in [0.1, 0.15) is 30.0 Å². The van der Waals surface area contributed by atoms with Crippen molar-refractivity contribution in [3.05, 3.63) is 52.4 Å². The molecule has 0 aliphatic carbocycles. The highest BCUT2D eigenvalue weighted by atomic mass is 79.9. The molecule has 0 spiro atoms. The maximum atomic E-state index is 12.7. The lowest BCUT2D eigenvalue weighted by Gasteiger charge is -2.21. The van der Waals surface area contributed by atoms with Crippen molar-refractivity contribution < 1.29 is 23.8 Å². The zero-order valence-corrected chi connectivity index (χ0v) is 15.9. The van der Waals surface area contributed by atoms with Crippen LogP contribution in [0.15, 0.2) is 45.3 Å². The maximum Gasteiger partial charge on any atom is 0.325 e. The Labute approximate surface area is 159 Å². The Hall–Kier alpha value is -2.32. The highest BCUT2D eigenvalue weighted by Gasteiger charge is 2.51. The topological polar surface area (TPSA) is 92.0 Å². The Morgan fingerprint density at radius 3 is 2.58 bits per heavy atom. The number of furan rings is 1. The molecule has 3 rings (SSSR count). The molecule has 2 heterocycles. The number of halogens is 1. The molecule has 1 aliphatic heterocycles. The van der Waals surface area contributed by atoms with Gasteiger partial charge in [0.2, 0.25) is 0 Å². The highest BCUT2D eigenvalue weighted by molar-refractivity contribution is 9.10. The molecule has 138 valence electrons. The fourth-order valence-electron chi connectivity index (χ4n) is 2.72. The van der Waals surface area contributed by atoms with E-state index in [0.29, 0.717) is 17.3 Å². The number of ether oxygens (including phenoxy) is 1. The number of aliphatic hydroxyl groups is 1. The number of β-amino-alcohol motifs (C(OH)–C–C–N with tert-alkyl or cyclic N) is 1. The molecule has 1 aromatic heterocycles. The molecule has 0 bridgehead atoms. The molecule has 26 heavy (non-hydrogen) atoms. The molecular formula is C18H19BrN2O5. The zero-order chi connectivity index (χ0) is 18.9. The first-order valence-electron chi connectivity index (χ1n) is 8.07. The molecule has 2 aromatic rings. The molecule has 1 fully saturated rings. The summed E-state index contributed by atoms with van der Waals surface area (Å²) in [6.45, 7) is 3.12. The van der Waals surface area contributed by atoms with Crippen molar-refractivity contribution in [2.75, 3.05) is 13.2 Å². The minimum atomic E-state index is -1.28. The number of hydrogen-bond donors (Lipinski definition) is 2. The van der Waals surface area contributed by atoms with Gasteiger partial charge in [-0.1, -0.05) is 15.9 Å². The number of rotatable bonds is 6. The molecule has 8 heteroatoms. The SMILES string of the molecule is Cc1ccc(C2(C)NC(=O)N(CC(O)COc3ccc(Br)cc3)C2=O)o1. The number of amides is 3. The van der Waals surface area contributed by atoms with Crippen LogP contribution in [0.4, 0.5) is 4.79 Å². The smallest absolute Gasteiger partial charge is 0.325 e. The number of carbonyl (C=O) groups excluding carboxylic acids is 2. The van der Waals surface area contributed by atoms with E-state index in [9.17, 15) is 14.7 Å². The van der Waals surface area contributed by atoms with Crippen LogP contribution in [0.25, 0.3) is 0 Å². The standard InChI is InChI=1S/C18H19BrN2O5/c1-11-3-8-15(26-11)18(2)16(23)21(17(24)20-18)9-13(22)10-25-14-6-4-12(19)5-7-14/h3-8,13,22H,9-10H2,1-2H3,(H,20,24). The van der Waals surface area contributed by atoms with Crippen LogP contribution in [0.1, 0.15) is 18.4 Å². The summed E-state index contributed by atoms with van der Waals surface area (Å²) in [5.74, 6) is 1.11. The Morgan fingerprint density at radius 1 is 1.27 bits per heavy atom. The lowest BCUT2D eigenvalue weighted by molar-refractivity contribution is -0.132. The van der Waals surface area contributed by atoms with Crippen LogP contribution in [-0.4, -0.2) is 41.2 Å². The number of benzene rings is 1. The van der Waals surface area contributed by atoms with Gasteiger partial charge in [0.15, 0.2) is 5.54 Å². The van der Waals surface area contributed by atoms with Crippen molar-refractivity contribution in [2.24, 2.45) is 0 Å². The quantitative estimate of drug-likeness (QED) is 0.697. The van der Waals surface area contributed by atoms with Crippen molar-refractivity contribution in [1.82, 2.24) is 10.2 Å². The van der Waals surface area contributed by atoms with E-state index in [1.54, 1.807) is 38.1 Å². The van der Waals surface area contributed by atoms with E-state index >= 15 is 0 Å². The van der Waals surface area contributed by atoms with Crippen LogP contribution < -0.4 is 10.1 Å². The molecular weight excluding hydrogens is 404 g/mol. The van der Waals surface area contributed by atoms with Crippen molar-refractivity contribution in [2.45, 2.75) is 25.5 Å². The summed E-state index contributed by atoms with van der Waals surface area (Å²) in [6, 6.07) is 9.94. The molecule has 2 N–H and O–H groups in total. The largest absolute Gasteiger partial charge is 0.491 e. The normalized spacial score (nSPS) is 21.0. The fraction of sp³-hybridized carbons (Fsp3) is 0.333. The average molecular weight is 423 g/mol. The van der Waals surface area contributed by atoms with E-state index in [2.05, 4.69) is 21.2 Å². The predicted molar refractivity (Wildman–Crippen MR) is 96.7 cm³/mol. The number of hydrogen-bond acceptors (Lipinski definition) is 5. The third-order valence-corrected chi connectivity index (χ3v) is 4.69. The van der Waals surface area contributed by atoms with Gasteiger partial charge in [-0.05, 0) is 50.2 Å². The fourth-order valence-corrected chi connectivity index (χ4v) is 2.98. The summed E-state index contributed by atoms with van der Waals surface area (Å²) in [5, 5.41) is 12.8. The Bertz CT molecular complexity index is 819. The number of nitrogens with zero attached hydrogens (tertiary/aromatic N) is 1. The summed E-state index contributed by atoms with van der Waals surface area (Å²) < 4.78 is 11.9. The monoisotopic (exact) mass is 422 g/mol. The number of urea groups is 1. The predicted octanol–water partition coefficient (Wildman–Crippen LogP) is 2.56. The maximum absolute atomic E-state index is 12.7. The van der Waals surface area contributed by atoms with E-state index in [0.717, 1.165) is 9.37 Å². The van der Waals surface area contributed by atoms with E-state index in [1.165, 1.54) is 0 Å². The van der Waals surface area contributed by atoms with Crippen LogP contribution >= 0.6 is 15.9 Å². The number of aliphatic hydroxyl groups excluding tert-OH is 1. The first-order valence-corrected chi connectivity index (χ1v) is 8.86. The summed E-state index contributed by atoms with van der Waals surface area (Å²) in [7, 11) is 0. The lowest BCUT2D eigenvalue weighted by atomic mass is 9.99. The van der Waals surface area contributed by atoms with E-state index < -0.39 is 23.6 Å². The summed E-state index contributed by atoms with van der Waals surface area (Å²) in [4.78, 5) is 25.9. The van der Waals surface area contributed by atoms with Gasteiger partial charge < -0.3 is 19.6 Å². The van der Waals surface area contributed by atoms with Crippen LogP contribution in [-0.2, 0) is 10.3 Å². The molecule has 1 aromatic carbocycles. The molecule has 0 radical (unpaired) electrons. The second-order valence-corrected chi connectivity index (χ2v) is 7.22. The van der Waals surface area contributed by atoms with Gasteiger partial charge in [-0.15, -0.1) is 0 Å². The van der Waals surface area contributed by atoms with Crippen LogP contribution in [0.5, 0.6) is 5.75 Å². The van der Waals surface area contributed by atoms with Gasteiger partial charge in [-0.3, -0.25) is 9.69 Å². The number of aryl methyl sites for hydroxylation is 1. The second-order valence-electron chi connectivity index (χ2n) is 6.30. The second kappa shape index (κ2) is 7.13. The number of carbonyl (C=O) groups is 2. The van der Waals surface area contributed by atoms with Crippen molar-refractivity contribution in [3.8, 4) is 5.75 Å². The minimum absolute atomic E-state index is 0.0464. The third-order valence-electron chi connectivity index (χ3n) is 4.16. The van der Waals surface area contributed by atoms with Crippen molar-refractivity contribution in [1.29, 1.82) is 0 Å². The van der Waals surface area contributed by atoms with Gasteiger partial charge in [-0.2, -0.15) is 0 Å². The Kier molecular flexibility index (Phi) is 5.06. The molecule has 2 unspecified atom stereocenters. The van der Waals surface area contributed by atoms with E-state index in [4.69, 9.17) is 9.15 Å². The molecule has 0 saturated carbocycles. The van der Waals surface area contributed by atoms with Crippen molar-refractivity contribution in [3.63, 3.8) is 0 Å². The number of imide groups is 1. The molecule has 3 amide bonds. The van der Waals surface area contributed by atoms with Crippen molar-refractivity contribution >= 4 is 27.9 Å². The summed E-state index contributed by atoms with van der Waals surface area (Å²) in [5.41, 5.74) is -1.28. The zero-order valence-electron chi connectivity index (χ0n) is 14.4. The van der Waals surface area contributed by atoms with Crippen LogP contribution in [0, 0.1) is 6.92 Å². The van der Waals surface area contributed by atoms with E-state index in [1.807, 2.05) is 12.1 Å². The van der Waals surface area contributed by atoms with Gasteiger partial charge in [-0.25, -0.2) is 4.79 Å². The third kappa shape index (κ3) is 3.61. The van der Waals surface area contributed by atoms with Gasteiger partial charge in [0, 0.05) is 4.47 Å². The molecule has 1 aliphatic rings. The van der Waals surface area contributed by atoms with Crippen LogP contribution in [0.2, 0.25) is 0 Å². The Balaban J connectivity index is 1.63. The Morgan fingerprint density at radius 2 is 1.96 bits per heavy atom. The van der Waals surface area contributed by atoms with E-state index in [-0.39, 0.29) is 13.2 Å². The number of nitrogens with one attached hydrogen (secondary N) is 1. The molecule has 2 atom stereocenters. The summed E-state index contributed by atoms with van der Waals surface area (Å²) in [6.07, 6.45) is -1.02. The first-order chi connectivity index (χ1) is 12.3. The lowest BCUT2D eigenvalue weighted by Crippen LogP contribution is -2.42. The van der Waals surface area contributed by atoms with Gasteiger partial charge in [0.05, 0.1) is 6.54 Å².